The molecular formula is C17H21F4NO4. The lowest BCUT2D eigenvalue weighted by atomic mass is 9.88. The van der Waals surface area contributed by atoms with Gasteiger partial charge in [0.15, 0.2) is 0 Å². The average Bonchev–Trinajstić information content (AvgIpc) is 2.98. The Bertz CT molecular complexity index is 605. The predicted molar refractivity (Wildman–Crippen MR) is 84.0 cm³/mol. The van der Waals surface area contributed by atoms with Gasteiger partial charge in [0.2, 0.25) is 0 Å². The van der Waals surface area contributed by atoms with E-state index >= 15 is 0 Å². The highest BCUT2D eigenvalue weighted by atomic mass is 19.4. The van der Waals surface area contributed by atoms with Crippen LogP contribution in [-0.4, -0.2) is 49.2 Å². The summed E-state index contributed by atoms with van der Waals surface area (Å²) in [7, 11) is 0. The molecule has 2 fully saturated rings. The Kier molecular flexibility index (Phi) is 6.96. The average molecular weight is 379 g/mol. The minimum atomic E-state index is -5.08. The first kappa shape index (κ1) is 20.6. The zero-order valence-electron chi connectivity index (χ0n) is 14.0. The number of alkyl halides is 3. The first-order chi connectivity index (χ1) is 12.2. The first-order valence-electron chi connectivity index (χ1n) is 8.18. The van der Waals surface area contributed by atoms with Gasteiger partial charge >= 0.3 is 12.1 Å². The molecule has 1 atom stereocenters. The topological polar surface area (TPSA) is 67.8 Å². The summed E-state index contributed by atoms with van der Waals surface area (Å²) in [5, 5.41) is 10.4. The fraction of sp³-hybridized carbons (Fsp3) is 0.588. The monoisotopic (exact) mass is 379 g/mol. The number of hydrogen-bond donors (Lipinski definition) is 2. The van der Waals surface area contributed by atoms with Crippen LogP contribution in [0.2, 0.25) is 0 Å². The van der Waals surface area contributed by atoms with Crippen molar-refractivity contribution in [2.24, 2.45) is 5.92 Å². The number of benzene rings is 1. The Morgan fingerprint density at radius 2 is 2.00 bits per heavy atom. The first-order valence-corrected chi connectivity index (χ1v) is 8.18. The summed E-state index contributed by atoms with van der Waals surface area (Å²) >= 11 is 0. The van der Waals surface area contributed by atoms with Crippen molar-refractivity contribution in [3.05, 3.63) is 35.6 Å². The van der Waals surface area contributed by atoms with Crippen molar-refractivity contribution in [2.75, 3.05) is 26.3 Å². The maximum Gasteiger partial charge on any atom is 0.490 e. The van der Waals surface area contributed by atoms with Gasteiger partial charge in [0.05, 0.1) is 18.8 Å². The maximum absolute atomic E-state index is 13.4. The Hall–Kier alpha value is -1.71. The fourth-order valence-electron chi connectivity index (χ4n) is 2.82. The molecule has 1 aromatic rings. The molecule has 1 unspecified atom stereocenters. The van der Waals surface area contributed by atoms with Crippen LogP contribution in [0.4, 0.5) is 17.6 Å². The Morgan fingerprint density at radius 1 is 1.35 bits per heavy atom. The number of carboxylic acids is 1. The van der Waals surface area contributed by atoms with Gasteiger partial charge in [-0.1, -0.05) is 18.2 Å². The molecule has 2 heterocycles. The second-order valence-corrected chi connectivity index (χ2v) is 6.40. The molecule has 0 aromatic heterocycles. The van der Waals surface area contributed by atoms with E-state index in [0.29, 0.717) is 24.7 Å². The second kappa shape index (κ2) is 8.79. The summed E-state index contributed by atoms with van der Waals surface area (Å²) in [6.07, 6.45) is -2.96. The molecule has 0 aliphatic carbocycles. The molecule has 1 aromatic carbocycles. The van der Waals surface area contributed by atoms with Crippen molar-refractivity contribution in [1.82, 2.24) is 5.32 Å². The summed E-state index contributed by atoms with van der Waals surface area (Å²) in [5.74, 6) is -2.36. The van der Waals surface area contributed by atoms with E-state index in [9.17, 15) is 17.6 Å². The number of ether oxygens (including phenoxy) is 2. The van der Waals surface area contributed by atoms with Gasteiger partial charge in [-0.05, 0) is 24.8 Å². The van der Waals surface area contributed by atoms with Crippen LogP contribution in [-0.2, 0) is 20.9 Å². The van der Waals surface area contributed by atoms with Crippen molar-refractivity contribution in [2.45, 2.75) is 31.2 Å². The molecule has 3 rings (SSSR count). The number of halogens is 4. The number of carboxylic acid groups (broad SMARTS) is 1. The van der Waals surface area contributed by atoms with Gasteiger partial charge in [0.25, 0.3) is 0 Å². The van der Waals surface area contributed by atoms with E-state index in [2.05, 4.69) is 5.32 Å². The van der Waals surface area contributed by atoms with E-state index in [-0.39, 0.29) is 11.4 Å². The van der Waals surface area contributed by atoms with E-state index in [1.807, 2.05) is 6.07 Å². The largest absolute Gasteiger partial charge is 0.490 e. The van der Waals surface area contributed by atoms with E-state index in [0.717, 1.165) is 32.5 Å². The molecule has 0 bridgehead atoms. The number of hydrogen-bond acceptors (Lipinski definition) is 4. The van der Waals surface area contributed by atoms with Crippen LogP contribution in [0.3, 0.4) is 0 Å². The minimum absolute atomic E-state index is 0.121. The summed E-state index contributed by atoms with van der Waals surface area (Å²) in [5.41, 5.74) is 0.751. The predicted octanol–water partition coefficient (Wildman–Crippen LogP) is 2.74. The van der Waals surface area contributed by atoms with E-state index in [1.54, 1.807) is 12.1 Å². The molecule has 0 amide bonds. The standard InChI is InChI=1S/C15H20FNO2.C2HF3O2/c16-14-4-2-1-3-13(14)9-18-6-5-12-7-15(19-8-12)10-17-11-15;3-2(4,5)1(6)7/h1-4,12,17H,5-11H2;(H,6,7). The van der Waals surface area contributed by atoms with Gasteiger partial charge in [-0.25, -0.2) is 9.18 Å². The second-order valence-electron chi connectivity index (χ2n) is 6.40. The van der Waals surface area contributed by atoms with E-state index in [1.165, 1.54) is 6.07 Å². The molecule has 0 saturated carbocycles. The number of rotatable bonds is 5. The third-order valence-electron chi connectivity index (χ3n) is 4.31. The quantitative estimate of drug-likeness (QED) is 0.608. The SMILES string of the molecule is Fc1ccccc1COCCC1COC2(CNC2)C1.O=C(O)C(F)(F)F. The lowest BCUT2D eigenvalue weighted by Gasteiger charge is -2.38. The minimum Gasteiger partial charge on any atom is -0.475 e. The van der Waals surface area contributed by atoms with Gasteiger partial charge in [-0.3, -0.25) is 0 Å². The zero-order valence-corrected chi connectivity index (χ0v) is 14.0. The zero-order chi connectivity index (χ0) is 19.2. The molecule has 146 valence electrons. The van der Waals surface area contributed by atoms with Gasteiger partial charge < -0.3 is 19.9 Å². The summed E-state index contributed by atoms with van der Waals surface area (Å²) in [6, 6.07) is 6.76. The molecule has 2 aliphatic heterocycles. The Morgan fingerprint density at radius 3 is 2.50 bits per heavy atom. The molecule has 5 nitrogen and oxygen atoms in total. The Labute approximate surface area is 148 Å². The highest BCUT2D eigenvalue weighted by molar-refractivity contribution is 5.73. The van der Waals surface area contributed by atoms with Crippen molar-refractivity contribution >= 4 is 5.97 Å². The van der Waals surface area contributed by atoms with Crippen molar-refractivity contribution in [3.8, 4) is 0 Å². The third kappa shape index (κ3) is 5.93. The highest BCUT2D eigenvalue weighted by Gasteiger charge is 2.44. The van der Waals surface area contributed by atoms with E-state index < -0.39 is 12.1 Å². The molecule has 26 heavy (non-hydrogen) atoms. The molecule has 1 spiro atoms. The molecule has 2 saturated heterocycles. The van der Waals surface area contributed by atoms with Crippen molar-refractivity contribution in [1.29, 1.82) is 0 Å². The summed E-state index contributed by atoms with van der Waals surface area (Å²) in [4.78, 5) is 8.90. The van der Waals surface area contributed by atoms with Crippen molar-refractivity contribution < 1.29 is 36.9 Å². The van der Waals surface area contributed by atoms with Gasteiger partial charge in [0, 0.05) is 25.3 Å². The van der Waals surface area contributed by atoms with Crippen LogP contribution in [0, 0.1) is 11.7 Å². The smallest absolute Gasteiger partial charge is 0.475 e. The molecule has 2 N–H and O–H groups in total. The Balaban J connectivity index is 0.000000298. The lowest BCUT2D eigenvalue weighted by molar-refractivity contribution is -0.192. The number of nitrogens with one attached hydrogen (secondary N) is 1. The van der Waals surface area contributed by atoms with Crippen LogP contribution in [0.15, 0.2) is 24.3 Å². The van der Waals surface area contributed by atoms with Crippen LogP contribution in [0.1, 0.15) is 18.4 Å². The van der Waals surface area contributed by atoms with E-state index in [4.69, 9.17) is 19.4 Å². The highest BCUT2D eigenvalue weighted by Crippen LogP contribution is 2.34. The van der Waals surface area contributed by atoms with Gasteiger partial charge in [-0.15, -0.1) is 0 Å². The van der Waals surface area contributed by atoms with Crippen LogP contribution >= 0.6 is 0 Å². The number of carbonyl (C=O) groups is 1. The van der Waals surface area contributed by atoms with Crippen LogP contribution in [0.25, 0.3) is 0 Å². The molecule has 9 heteroatoms. The number of aliphatic carboxylic acids is 1. The maximum atomic E-state index is 13.4. The van der Waals surface area contributed by atoms with Crippen LogP contribution < -0.4 is 5.32 Å². The van der Waals surface area contributed by atoms with Crippen LogP contribution in [0.5, 0.6) is 0 Å². The molecule has 0 radical (unpaired) electrons. The van der Waals surface area contributed by atoms with Gasteiger partial charge in [-0.2, -0.15) is 13.2 Å². The fourth-order valence-corrected chi connectivity index (χ4v) is 2.82. The van der Waals surface area contributed by atoms with Crippen molar-refractivity contribution in [3.63, 3.8) is 0 Å². The lowest BCUT2D eigenvalue weighted by Crippen LogP contribution is -2.59. The molecule has 2 aliphatic rings. The summed E-state index contributed by atoms with van der Waals surface area (Å²) < 4.78 is 56.5. The van der Waals surface area contributed by atoms with Gasteiger partial charge in [0.1, 0.15) is 5.82 Å². The summed E-state index contributed by atoms with van der Waals surface area (Å²) in [6.45, 7) is 3.84. The normalized spacial score (nSPS) is 21.0. The third-order valence-corrected chi connectivity index (χ3v) is 4.31. The molecular weight excluding hydrogens is 358 g/mol.